The van der Waals surface area contributed by atoms with E-state index in [9.17, 15) is 23.4 Å². The van der Waals surface area contributed by atoms with E-state index in [0.29, 0.717) is 12.3 Å². The molecule has 0 amide bonds. The second-order valence-electron chi connectivity index (χ2n) is 9.40. The summed E-state index contributed by atoms with van der Waals surface area (Å²) in [5.41, 5.74) is 0.0482. The summed E-state index contributed by atoms with van der Waals surface area (Å²) in [7, 11) is 3.06. The molecular formula is C23H27F3N6O5. The molecule has 0 bridgehead atoms. The van der Waals surface area contributed by atoms with Gasteiger partial charge in [0.1, 0.15) is 30.0 Å². The fourth-order valence-electron chi connectivity index (χ4n) is 4.88. The zero-order chi connectivity index (χ0) is 26.3. The first-order valence-electron chi connectivity index (χ1n) is 11.8. The molecule has 2 N–H and O–H groups in total. The standard InChI is InChI=1S/C23H27F3N6O5/c1-35-11-23(5-6-23)32-8-12(27-30-32)7-16-22(36-2)20(21(34)17(10-33)37-16)31-9-15(28-29-31)13-3-4-14(24)19(26)18(13)25/h3-4,8-9,16-17,20-22,33-34H,5-7,10-11H2,1-2H3/t16-,17-,20+,21+,22+/m1/s1. The Labute approximate surface area is 209 Å². The van der Waals surface area contributed by atoms with E-state index < -0.39 is 54.5 Å². The van der Waals surface area contributed by atoms with Crippen molar-refractivity contribution in [2.75, 3.05) is 27.4 Å². The number of methoxy groups -OCH3 is 2. The summed E-state index contributed by atoms with van der Waals surface area (Å²) in [6.45, 7) is 0.0258. The number of halogens is 3. The molecule has 11 nitrogen and oxygen atoms in total. The minimum absolute atomic E-state index is 0.0714. The van der Waals surface area contributed by atoms with E-state index in [1.54, 1.807) is 11.8 Å². The number of hydrogen-bond donors (Lipinski definition) is 2. The Kier molecular flexibility index (Phi) is 7.02. The van der Waals surface area contributed by atoms with E-state index in [1.165, 1.54) is 18.0 Å². The van der Waals surface area contributed by atoms with Gasteiger partial charge in [-0.25, -0.2) is 22.5 Å². The third kappa shape index (κ3) is 4.63. The van der Waals surface area contributed by atoms with Crippen LogP contribution in [-0.2, 0) is 26.2 Å². The van der Waals surface area contributed by atoms with Crippen molar-refractivity contribution in [1.82, 2.24) is 30.0 Å². The van der Waals surface area contributed by atoms with E-state index >= 15 is 0 Å². The maximum Gasteiger partial charge on any atom is 0.195 e. The molecule has 1 aromatic carbocycles. The van der Waals surface area contributed by atoms with Crippen LogP contribution < -0.4 is 0 Å². The highest BCUT2D eigenvalue weighted by molar-refractivity contribution is 5.58. The van der Waals surface area contributed by atoms with Gasteiger partial charge in [0.25, 0.3) is 0 Å². The fraction of sp³-hybridized carbons (Fsp3) is 0.565. The maximum atomic E-state index is 14.3. The van der Waals surface area contributed by atoms with Gasteiger partial charge in [-0.05, 0) is 25.0 Å². The predicted octanol–water partition coefficient (Wildman–Crippen LogP) is 1.01. The molecule has 3 heterocycles. The van der Waals surface area contributed by atoms with Crippen LogP contribution in [0.15, 0.2) is 24.5 Å². The lowest BCUT2D eigenvalue weighted by molar-refractivity contribution is -0.212. The average Bonchev–Trinajstić information content (AvgIpc) is 3.27. The first kappa shape index (κ1) is 25.7. The molecule has 0 spiro atoms. The van der Waals surface area contributed by atoms with Gasteiger partial charge in [0, 0.05) is 32.4 Å². The number of aliphatic hydroxyl groups excluding tert-OH is 2. The summed E-state index contributed by atoms with van der Waals surface area (Å²) in [5, 5.41) is 37.2. The fourth-order valence-corrected chi connectivity index (χ4v) is 4.88. The lowest BCUT2D eigenvalue weighted by atomic mass is 9.90. The number of ether oxygens (including phenoxy) is 3. The van der Waals surface area contributed by atoms with Crippen LogP contribution in [0.25, 0.3) is 11.3 Å². The average molecular weight is 525 g/mol. The molecule has 2 aliphatic rings. The molecule has 1 saturated heterocycles. The van der Waals surface area contributed by atoms with Crippen LogP contribution >= 0.6 is 0 Å². The predicted molar refractivity (Wildman–Crippen MR) is 120 cm³/mol. The van der Waals surface area contributed by atoms with Crippen LogP contribution in [0.5, 0.6) is 0 Å². The molecule has 2 aromatic heterocycles. The Hall–Kier alpha value is -2.91. The lowest BCUT2D eigenvalue weighted by Gasteiger charge is -2.43. The highest BCUT2D eigenvalue weighted by atomic mass is 19.2. The van der Waals surface area contributed by atoms with Crippen molar-refractivity contribution in [3.63, 3.8) is 0 Å². The van der Waals surface area contributed by atoms with Crippen molar-refractivity contribution in [2.24, 2.45) is 0 Å². The van der Waals surface area contributed by atoms with Gasteiger partial charge in [-0.2, -0.15) is 0 Å². The smallest absolute Gasteiger partial charge is 0.195 e. The molecule has 1 aliphatic heterocycles. The van der Waals surface area contributed by atoms with Crippen molar-refractivity contribution in [1.29, 1.82) is 0 Å². The molecule has 1 saturated carbocycles. The number of aromatic nitrogens is 6. The number of hydrogen-bond acceptors (Lipinski definition) is 9. The van der Waals surface area contributed by atoms with Gasteiger partial charge in [-0.3, -0.25) is 0 Å². The molecule has 0 unspecified atom stereocenters. The van der Waals surface area contributed by atoms with Gasteiger partial charge >= 0.3 is 0 Å². The maximum absolute atomic E-state index is 14.3. The first-order chi connectivity index (χ1) is 17.8. The van der Waals surface area contributed by atoms with Gasteiger partial charge < -0.3 is 24.4 Å². The third-order valence-electron chi connectivity index (χ3n) is 7.04. The van der Waals surface area contributed by atoms with E-state index in [4.69, 9.17) is 14.2 Å². The van der Waals surface area contributed by atoms with Crippen molar-refractivity contribution in [3.8, 4) is 11.3 Å². The molecule has 1 aliphatic carbocycles. The van der Waals surface area contributed by atoms with Crippen molar-refractivity contribution >= 4 is 0 Å². The number of rotatable bonds is 9. The Balaban J connectivity index is 1.42. The quantitative estimate of drug-likeness (QED) is 0.394. The normalized spacial score (nSPS) is 26.9. The molecule has 5 rings (SSSR count). The van der Waals surface area contributed by atoms with Gasteiger partial charge in [0.2, 0.25) is 0 Å². The highest BCUT2D eigenvalue weighted by Crippen LogP contribution is 2.43. The van der Waals surface area contributed by atoms with Crippen molar-refractivity contribution in [2.45, 2.75) is 55.3 Å². The topological polar surface area (TPSA) is 130 Å². The molecular weight excluding hydrogens is 497 g/mol. The van der Waals surface area contributed by atoms with E-state index in [1.807, 2.05) is 6.20 Å². The summed E-state index contributed by atoms with van der Waals surface area (Å²) in [6, 6.07) is 0.931. The Morgan fingerprint density at radius 1 is 1.08 bits per heavy atom. The lowest BCUT2D eigenvalue weighted by Crippen LogP contribution is -2.57. The molecule has 200 valence electrons. The van der Waals surface area contributed by atoms with Gasteiger partial charge in [0.15, 0.2) is 17.5 Å². The minimum atomic E-state index is -1.63. The summed E-state index contributed by atoms with van der Waals surface area (Å²) < 4.78 is 61.5. The van der Waals surface area contributed by atoms with Crippen LogP contribution in [0, 0.1) is 17.5 Å². The van der Waals surface area contributed by atoms with Crippen molar-refractivity contribution < 1.29 is 37.6 Å². The monoisotopic (exact) mass is 524 g/mol. The molecule has 0 radical (unpaired) electrons. The van der Waals surface area contributed by atoms with Crippen molar-refractivity contribution in [3.05, 3.63) is 47.7 Å². The van der Waals surface area contributed by atoms with Crippen LogP contribution in [0.2, 0.25) is 0 Å². The second kappa shape index (κ2) is 10.1. The third-order valence-corrected chi connectivity index (χ3v) is 7.04. The van der Waals surface area contributed by atoms with E-state index in [0.717, 1.165) is 25.0 Å². The van der Waals surface area contributed by atoms with Crippen LogP contribution in [0.4, 0.5) is 13.2 Å². The van der Waals surface area contributed by atoms with Crippen LogP contribution in [-0.4, -0.2) is 92.1 Å². The summed E-state index contributed by atoms with van der Waals surface area (Å²) in [6.07, 6.45) is 1.49. The van der Waals surface area contributed by atoms with Crippen LogP contribution in [0.1, 0.15) is 24.6 Å². The highest BCUT2D eigenvalue weighted by Gasteiger charge is 2.48. The number of aliphatic hydroxyl groups is 2. The van der Waals surface area contributed by atoms with Crippen LogP contribution in [0.3, 0.4) is 0 Å². The largest absolute Gasteiger partial charge is 0.394 e. The summed E-state index contributed by atoms with van der Waals surface area (Å²) >= 11 is 0. The van der Waals surface area contributed by atoms with Gasteiger partial charge in [-0.15, -0.1) is 10.2 Å². The zero-order valence-corrected chi connectivity index (χ0v) is 20.2. The molecule has 14 heteroatoms. The summed E-state index contributed by atoms with van der Waals surface area (Å²) in [4.78, 5) is 0. The molecule has 3 aromatic rings. The van der Waals surface area contributed by atoms with E-state index in [-0.39, 0.29) is 23.2 Å². The first-order valence-corrected chi connectivity index (χ1v) is 11.8. The SMILES string of the molecule is COCC1(n2cc(C[C@H]3O[C@H](CO)[C@H](O)[C@H](n4cc(-c5ccc(F)c(F)c5F)nn4)[C@H]3OC)nn2)CC1. The Morgan fingerprint density at radius 2 is 1.86 bits per heavy atom. The Morgan fingerprint density at radius 3 is 2.54 bits per heavy atom. The molecule has 5 atom stereocenters. The molecule has 2 fully saturated rings. The summed E-state index contributed by atoms with van der Waals surface area (Å²) in [5.74, 6) is -4.35. The Bertz CT molecular complexity index is 1250. The minimum Gasteiger partial charge on any atom is -0.394 e. The number of nitrogens with zero attached hydrogens (tertiary/aromatic N) is 6. The van der Waals surface area contributed by atoms with Gasteiger partial charge in [0.05, 0.1) is 36.7 Å². The number of benzene rings is 1. The zero-order valence-electron chi connectivity index (χ0n) is 20.2. The van der Waals surface area contributed by atoms with Gasteiger partial charge in [-0.1, -0.05) is 10.4 Å². The second-order valence-corrected chi connectivity index (χ2v) is 9.40. The van der Waals surface area contributed by atoms with E-state index in [2.05, 4.69) is 20.6 Å². The molecule has 37 heavy (non-hydrogen) atoms.